The standard InChI is InChI=1S/C14H18BrNO4S/c15-5-3-11-4-6-16(10-11)21(17,18)12-1-2-13-14(9-12)20-8-7-19-13/h1-2,9,11H,3-8,10H2. The summed E-state index contributed by atoms with van der Waals surface area (Å²) in [6.07, 6.45) is 1.93. The summed E-state index contributed by atoms with van der Waals surface area (Å²) in [5.41, 5.74) is 0. The number of alkyl halides is 1. The third kappa shape index (κ3) is 3.05. The second-order valence-electron chi connectivity index (χ2n) is 5.30. The van der Waals surface area contributed by atoms with Crippen molar-refractivity contribution in [2.45, 2.75) is 17.7 Å². The Hall–Kier alpha value is -0.790. The van der Waals surface area contributed by atoms with Gasteiger partial charge in [0.2, 0.25) is 10.0 Å². The van der Waals surface area contributed by atoms with Gasteiger partial charge in [0, 0.05) is 24.5 Å². The molecule has 1 aromatic carbocycles. The Kier molecular flexibility index (Phi) is 4.42. The van der Waals surface area contributed by atoms with Crippen molar-refractivity contribution in [3.05, 3.63) is 18.2 Å². The number of hydrogen-bond acceptors (Lipinski definition) is 4. The minimum atomic E-state index is -3.44. The maximum absolute atomic E-state index is 12.7. The Morgan fingerprint density at radius 3 is 2.76 bits per heavy atom. The number of ether oxygens (including phenoxy) is 2. The third-order valence-electron chi connectivity index (χ3n) is 3.92. The Labute approximate surface area is 133 Å². The molecule has 0 N–H and O–H groups in total. The van der Waals surface area contributed by atoms with E-state index in [1.54, 1.807) is 22.5 Å². The second kappa shape index (κ2) is 6.14. The largest absolute Gasteiger partial charge is 0.486 e. The molecule has 1 saturated heterocycles. The van der Waals surface area contributed by atoms with E-state index in [0.717, 1.165) is 18.2 Å². The lowest BCUT2D eigenvalue weighted by molar-refractivity contribution is 0.171. The summed E-state index contributed by atoms with van der Waals surface area (Å²) in [7, 11) is -3.44. The van der Waals surface area contributed by atoms with E-state index in [0.29, 0.717) is 43.7 Å². The molecule has 1 fully saturated rings. The molecule has 0 radical (unpaired) electrons. The van der Waals surface area contributed by atoms with Crippen LogP contribution in [0.1, 0.15) is 12.8 Å². The Balaban J connectivity index is 1.82. The average Bonchev–Trinajstić information content (AvgIpc) is 2.96. The Morgan fingerprint density at radius 2 is 2.00 bits per heavy atom. The molecule has 1 atom stereocenters. The maximum atomic E-state index is 12.7. The molecule has 0 aromatic heterocycles. The lowest BCUT2D eigenvalue weighted by Crippen LogP contribution is -2.29. The van der Waals surface area contributed by atoms with Crippen molar-refractivity contribution >= 4 is 26.0 Å². The molecule has 5 nitrogen and oxygen atoms in total. The number of hydrogen-bond donors (Lipinski definition) is 0. The summed E-state index contributed by atoms with van der Waals surface area (Å²) < 4.78 is 37.8. The predicted octanol–water partition coefficient (Wildman–Crippen LogP) is 2.25. The molecule has 0 saturated carbocycles. The summed E-state index contributed by atoms with van der Waals surface area (Å²) >= 11 is 3.42. The molecule has 1 aromatic rings. The van der Waals surface area contributed by atoms with Gasteiger partial charge in [-0.3, -0.25) is 0 Å². The van der Waals surface area contributed by atoms with Gasteiger partial charge in [-0.2, -0.15) is 4.31 Å². The summed E-state index contributed by atoms with van der Waals surface area (Å²) in [6, 6.07) is 4.84. The molecule has 1 unspecified atom stereocenters. The molecule has 0 aliphatic carbocycles. The van der Waals surface area contributed by atoms with Crippen LogP contribution in [0.2, 0.25) is 0 Å². The maximum Gasteiger partial charge on any atom is 0.243 e. The Morgan fingerprint density at radius 1 is 1.24 bits per heavy atom. The zero-order valence-corrected chi connectivity index (χ0v) is 14.0. The van der Waals surface area contributed by atoms with E-state index in [9.17, 15) is 8.42 Å². The summed E-state index contributed by atoms with van der Waals surface area (Å²) in [5.74, 6) is 1.56. The molecule has 0 amide bonds. The molecule has 116 valence electrons. The minimum absolute atomic E-state index is 0.284. The fourth-order valence-corrected chi connectivity index (χ4v) is 4.93. The number of benzene rings is 1. The monoisotopic (exact) mass is 375 g/mol. The first-order valence-electron chi connectivity index (χ1n) is 7.07. The van der Waals surface area contributed by atoms with Crippen LogP contribution in [0.25, 0.3) is 0 Å². The van der Waals surface area contributed by atoms with Crippen LogP contribution < -0.4 is 9.47 Å². The first-order valence-corrected chi connectivity index (χ1v) is 9.63. The fraction of sp³-hybridized carbons (Fsp3) is 0.571. The van der Waals surface area contributed by atoms with E-state index in [4.69, 9.17) is 9.47 Å². The predicted molar refractivity (Wildman–Crippen MR) is 82.7 cm³/mol. The van der Waals surface area contributed by atoms with E-state index in [1.807, 2.05) is 0 Å². The van der Waals surface area contributed by atoms with Gasteiger partial charge in [-0.1, -0.05) is 15.9 Å². The van der Waals surface area contributed by atoms with Crippen LogP contribution in [0.3, 0.4) is 0 Å². The molecule has 0 bridgehead atoms. The van der Waals surface area contributed by atoms with Crippen LogP contribution >= 0.6 is 15.9 Å². The molecule has 7 heteroatoms. The number of fused-ring (bicyclic) bond motifs is 1. The summed E-state index contributed by atoms with van der Waals surface area (Å²) in [6.45, 7) is 2.14. The average molecular weight is 376 g/mol. The molecule has 2 aliphatic rings. The van der Waals surface area contributed by atoms with Crippen LogP contribution in [0.5, 0.6) is 11.5 Å². The van der Waals surface area contributed by atoms with E-state index in [2.05, 4.69) is 15.9 Å². The molecule has 0 spiro atoms. The van der Waals surface area contributed by atoms with Crippen LogP contribution in [0.4, 0.5) is 0 Å². The molecule has 21 heavy (non-hydrogen) atoms. The third-order valence-corrected chi connectivity index (χ3v) is 6.24. The van der Waals surface area contributed by atoms with Gasteiger partial charge in [0.15, 0.2) is 11.5 Å². The highest BCUT2D eigenvalue weighted by Gasteiger charge is 2.32. The highest BCUT2D eigenvalue weighted by atomic mass is 79.9. The molecule has 2 heterocycles. The zero-order valence-electron chi connectivity index (χ0n) is 11.6. The van der Waals surface area contributed by atoms with Gasteiger partial charge in [-0.25, -0.2) is 8.42 Å². The Bertz CT molecular complexity index is 619. The quantitative estimate of drug-likeness (QED) is 0.757. The van der Waals surface area contributed by atoms with Gasteiger partial charge in [-0.05, 0) is 30.9 Å². The number of rotatable bonds is 4. The van der Waals surface area contributed by atoms with Crippen molar-refractivity contribution in [1.82, 2.24) is 4.31 Å². The van der Waals surface area contributed by atoms with Crippen LogP contribution in [0, 0.1) is 5.92 Å². The van der Waals surface area contributed by atoms with Crippen LogP contribution in [0.15, 0.2) is 23.1 Å². The smallest absolute Gasteiger partial charge is 0.243 e. The van der Waals surface area contributed by atoms with Gasteiger partial charge in [0.25, 0.3) is 0 Å². The van der Waals surface area contributed by atoms with Gasteiger partial charge in [0.1, 0.15) is 13.2 Å². The normalized spacial score (nSPS) is 22.4. The van der Waals surface area contributed by atoms with Crippen LogP contribution in [-0.2, 0) is 10.0 Å². The van der Waals surface area contributed by atoms with Crippen molar-refractivity contribution < 1.29 is 17.9 Å². The van der Waals surface area contributed by atoms with Crippen molar-refractivity contribution in [1.29, 1.82) is 0 Å². The molecule has 2 aliphatic heterocycles. The number of sulfonamides is 1. The van der Waals surface area contributed by atoms with Gasteiger partial charge in [0.05, 0.1) is 4.90 Å². The SMILES string of the molecule is O=S(=O)(c1ccc2c(c1)OCCO2)N1CCC(CCBr)C1. The first kappa shape index (κ1) is 15.1. The molecular weight excluding hydrogens is 358 g/mol. The topological polar surface area (TPSA) is 55.8 Å². The van der Waals surface area contributed by atoms with Gasteiger partial charge < -0.3 is 9.47 Å². The van der Waals surface area contributed by atoms with E-state index < -0.39 is 10.0 Å². The van der Waals surface area contributed by atoms with E-state index in [-0.39, 0.29) is 4.90 Å². The van der Waals surface area contributed by atoms with Crippen molar-refractivity contribution in [3.8, 4) is 11.5 Å². The van der Waals surface area contributed by atoms with E-state index >= 15 is 0 Å². The molecular formula is C14H18BrNO4S. The summed E-state index contributed by atoms with van der Waals surface area (Å²) in [4.78, 5) is 0.284. The summed E-state index contributed by atoms with van der Waals surface area (Å²) in [5, 5.41) is 0.912. The van der Waals surface area contributed by atoms with Gasteiger partial charge in [-0.15, -0.1) is 0 Å². The zero-order chi connectivity index (χ0) is 14.9. The minimum Gasteiger partial charge on any atom is -0.486 e. The van der Waals surface area contributed by atoms with E-state index in [1.165, 1.54) is 0 Å². The van der Waals surface area contributed by atoms with Crippen molar-refractivity contribution in [2.24, 2.45) is 5.92 Å². The highest BCUT2D eigenvalue weighted by Crippen LogP contribution is 2.34. The van der Waals surface area contributed by atoms with Crippen molar-refractivity contribution in [3.63, 3.8) is 0 Å². The fourth-order valence-electron chi connectivity index (χ4n) is 2.74. The van der Waals surface area contributed by atoms with Crippen LogP contribution in [-0.4, -0.2) is 44.4 Å². The highest BCUT2D eigenvalue weighted by molar-refractivity contribution is 9.09. The van der Waals surface area contributed by atoms with Gasteiger partial charge >= 0.3 is 0 Å². The van der Waals surface area contributed by atoms with Crippen molar-refractivity contribution in [2.75, 3.05) is 31.6 Å². The molecule has 3 rings (SSSR count). The first-order chi connectivity index (χ1) is 10.1. The second-order valence-corrected chi connectivity index (χ2v) is 8.03. The lowest BCUT2D eigenvalue weighted by atomic mass is 10.1. The number of halogens is 1. The lowest BCUT2D eigenvalue weighted by Gasteiger charge is -2.21. The number of nitrogens with zero attached hydrogens (tertiary/aromatic N) is 1.